The van der Waals surface area contributed by atoms with Gasteiger partial charge in [0.2, 0.25) is 10.0 Å². The van der Waals surface area contributed by atoms with Crippen LogP contribution in [0.1, 0.15) is 56.5 Å². The lowest BCUT2D eigenvalue weighted by molar-refractivity contribution is 0.0519. The van der Waals surface area contributed by atoms with Crippen LogP contribution < -0.4 is 0 Å². The predicted molar refractivity (Wildman–Crippen MR) is 130 cm³/mol. The van der Waals surface area contributed by atoms with Gasteiger partial charge in [0, 0.05) is 18.8 Å². The largest absolute Gasteiger partial charge is 0.461 e. The van der Waals surface area contributed by atoms with Crippen molar-refractivity contribution in [1.29, 1.82) is 0 Å². The Morgan fingerprint density at radius 1 is 0.939 bits per heavy atom. The zero-order valence-corrected chi connectivity index (χ0v) is 21.0. The van der Waals surface area contributed by atoms with Gasteiger partial charge in [0.1, 0.15) is 5.69 Å². The molecular weight excluding hydrogens is 436 g/mol. The molecule has 0 aliphatic rings. The summed E-state index contributed by atoms with van der Waals surface area (Å²) < 4.78 is 34.3. The first-order chi connectivity index (χ1) is 15.5. The number of aromatic amines is 1. The van der Waals surface area contributed by atoms with E-state index in [1.54, 1.807) is 13.0 Å². The smallest absolute Gasteiger partial charge is 0.355 e. The van der Waals surface area contributed by atoms with Gasteiger partial charge in [-0.05, 0) is 69.9 Å². The van der Waals surface area contributed by atoms with Crippen LogP contribution in [0.5, 0.6) is 0 Å². The molecule has 2 aromatic carbocycles. The van der Waals surface area contributed by atoms with Gasteiger partial charge in [-0.1, -0.05) is 47.5 Å². The normalized spacial score (nSPS) is 11.7. The zero-order valence-electron chi connectivity index (χ0n) is 20.2. The maximum absolute atomic E-state index is 13.8. The highest BCUT2D eigenvalue weighted by atomic mass is 32.2. The summed E-state index contributed by atoms with van der Waals surface area (Å²) in [5.41, 5.74) is 6.31. The summed E-state index contributed by atoms with van der Waals surface area (Å²) in [6, 6.07) is 13.2. The predicted octanol–water partition coefficient (Wildman–Crippen LogP) is 5.12. The lowest BCUT2D eigenvalue weighted by Gasteiger charge is -2.24. The van der Waals surface area contributed by atoms with E-state index in [2.05, 4.69) is 4.98 Å². The number of aryl methyl sites for hydroxylation is 4. The van der Waals surface area contributed by atoms with Gasteiger partial charge in [-0.2, -0.15) is 4.31 Å². The molecule has 0 aliphatic carbocycles. The van der Waals surface area contributed by atoms with Crippen molar-refractivity contribution in [2.45, 2.75) is 59.5 Å². The van der Waals surface area contributed by atoms with Crippen molar-refractivity contribution in [1.82, 2.24) is 9.29 Å². The second-order valence-corrected chi connectivity index (χ2v) is 10.4. The molecule has 3 aromatic rings. The van der Waals surface area contributed by atoms with Gasteiger partial charge in [0.05, 0.1) is 11.5 Å². The second-order valence-electron chi connectivity index (χ2n) is 8.48. The Hall–Kier alpha value is -2.90. The van der Waals surface area contributed by atoms with E-state index in [-0.39, 0.29) is 24.6 Å². The van der Waals surface area contributed by atoms with Crippen LogP contribution in [-0.2, 0) is 27.8 Å². The van der Waals surface area contributed by atoms with Crippen LogP contribution in [0.3, 0.4) is 0 Å². The van der Waals surface area contributed by atoms with E-state index in [4.69, 9.17) is 4.74 Å². The van der Waals surface area contributed by atoms with E-state index in [0.717, 1.165) is 27.9 Å². The fraction of sp³-hybridized carbons (Fsp3) is 0.346. The van der Waals surface area contributed by atoms with E-state index >= 15 is 0 Å². The van der Waals surface area contributed by atoms with Gasteiger partial charge in [0.15, 0.2) is 0 Å². The summed E-state index contributed by atoms with van der Waals surface area (Å²) in [6.45, 7) is 11.8. The van der Waals surface area contributed by atoms with E-state index in [1.807, 2.05) is 71.0 Å². The molecule has 0 bridgehead atoms. The molecule has 0 atom stereocenters. The van der Waals surface area contributed by atoms with E-state index in [1.165, 1.54) is 4.31 Å². The van der Waals surface area contributed by atoms with Gasteiger partial charge < -0.3 is 9.72 Å². The average molecular weight is 469 g/mol. The van der Waals surface area contributed by atoms with Crippen LogP contribution in [0.15, 0.2) is 47.4 Å². The number of H-pyrrole nitrogens is 1. The summed E-state index contributed by atoms with van der Waals surface area (Å²) in [5, 5.41) is 0. The van der Waals surface area contributed by atoms with Gasteiger partial charge in [-0.25, -0.2) is 13.2 Å². The molecule has 0 spiro atoms. The summed E-state index contributed by atoms with van der Waals surface area (Å²) in [7, 11) is -3.81. The monoisotopic (exact) mass is 468 g/mol. The van der Waals surface area contributed by atoms with Crippen LogP contribution in [-0.4, -0.2) is 30.3 Å². The molecule has 0 fully saturated rings. The van der Waals surface area contributed by atoms with Crippen molar-refractivity contribution in [3.05, 3.63) is 87.2 Å². The van der Waals surface area contributed by atoms with Crippen LogP contribution in [0.4, 0.5) is 0 Å². The van der Waals surface area contributed by atoms with Crippen molar-refractivity contribution in [2.24, 2.45) is 0 Å². The summed E-state index contributed by atoms with van der Waals surface area (Å²) in [4.78, 5) is 15.7. The highest BCUT2D eigenvalue weighted by Crippen LogP contribution is 2.28. The minimum atomic E-state index is -3.81. The third-order valence-electron chi connectivity index (χ3n) is 5.83. The van der Waals surface area contributed by atoms with Crippen LogP contribution in [0.25, 0.3) is 0 Å². The molecule has 7 heteroatoms. The first-order valence-electron chi connectivity index (χ1n) is 11.0. The first-order valence-corrected chi connectivity index (χ1v) is 12.5. The van der Waals surface area contributed by atoms with E-state index in [0.29, 0.717) is 16.8 Å². The van der Waals surface area contributed by atoms with E-state index in [9.17, 15) is 13.2 Å². The third-order valence-corrected chi connectivity index (χ3v) is 7.79. The number of rotatable bonds is 8. The number of hydrogen-bond acceptors (Lipinski definition) is 4. The summed E-state index contributed by atoms with van der Waals surface area (Å²) >= 11 is 0. The molecule has 0 unspecified atom stereocenters. The highest BCUT2D eigenvalue weighted by Gasteiger charge is 2.29. The minimum absolute atomic E-state index is 0.136. The van der Waals surface area contributed by atoms with Crippen LogP contribution in [0, 0.1) is 34.6 Å². The lowest BCUT2D eigenvalue weighted by atomic mass is 10.1. The lowest BCUT2D eigenvalue weighted by Crippen LogP contribution is -2.31. The standard InChI is InChI=1S/C26H32N2O4S/c1-7-32-26(29)25-20(5)23(21(6)27-25)16-28(15-22-11-8-17(2)9-12-22)33(30,31)24-13-10-18(3)14-19(24)4/h8-14,27H,7,15-16H2,1-6H3. The molecule has 0 saturated heterocycles. The molecule has 176 valence electrons. The Morgan fingerprint density at radius 2 is 1.58 bits per heavy atom. The molecule has 6 nitrogen and oxygen atoms in total. The van der Waals surface area contributed by atoms with Gasteiger partial charge in [-0.3, -0.25) is 0 Å². The fourth-order valence-corrected chi connectivity index (χ4v) is 5.56. The summed E-state index contributed by atoms with van der Waals surface area (Å²) in [6.07, 6.45) is 0. The molecule has 1 heterocycles. The minimum Gasteiger partial charge on any atom is -0.461 e. The molecule has 0 saturated carbocycles. The average Bonchev–Trinajstić information content (AvgIpc) is 3.03. The molecule has 0 aliphatic heterocycles. The van der Waals surface area contributed by atoms with Crippen molar-refractivity contribution >= 4 is 16.0 Å². The van der Waals surface area contributed by atoms with Crippen LogP contribution >= 0.6 is 0 Å². The van der Waals surface area contributed by atoms with Crippen molar-refractivity contribution in [3.8, 4) is 0 Å². The van der Waals surface area contributed by atoms with Crippen molar-refractivity contribution in [2.75, 3.05) is 6.61 Å². The number of aromatic nitrogens is 1. The molecular formula is C26H32N2O4S. The SMILES string of the molecule is CCOC(=O)c1[nH]c(C)c(CN(Cc2ccc(C)cc2)S(=O)(=O)c2ccc(C)cc2C)c1C. The Labute approximate surface area is 196 Å². The molecule has 3 rings (SSSR count). The Morgan fingerprint density at radius 3 is 2.18 bits per heavy atom. The number of sulfonamides is 1. The number of nitrogens with zero attached hydrogens (tertiary/aromatic N) is 1. The number of esters is 1. The van der Waals surface area contributed by atoms with Gasteiger partial charge in [0.25, 0.3) is 0 Å². The van der Waals surface area contributed by atoms with Gasteiger partial charge in [-0.15, -0.1) is 0 Å². The third kappa shape index (κ3) is 5.37. The number of carbonyl (C=O) groups excluding carboxylic acids is 1. The number of ether oxygens (including phenoxy) is 1. The quantitative estimate of drug-likeness (QED) is 0.465. The number of hydrogen-bond donors (Lipinski definition) is 1. The maximum Gasteiger partial charge on any atom is 0.355 e. The molecule has 0 amide bonds. The Balaban J connectivity index is 2.06. The van der Waals surface area contributed by atoms with Crippen LogP contribution in [0.2, 0.25) is 0 Å². The highest BCUT2D eigenvalue weighted by molar-refractivity contribution is 7.89. The topological polar surface area (TPSA) is 79.5 Å². The molecule has 1 aromatic heterocycles. The number of carbonyl (C=O) groups is 1. The maximum atomic E-state index is 13.8. The molecule has 33 heavy (non-hydrogen) atoms. The zero-order chi connectivity index (χ0) is 24.3. The summed E-state index contributed by atoms with van der Waals surface area (Å²) in [5.74, 6) is -0.438. The van der Waals surface area contributed by atoms with Gasteiger partial charge >= 0.3 is 5.97 Å². The second kappa shape index (κ2) is 9.93. The Bertz CT molecular complexity index is 1260. The Kier molecular flexibility index (Phi) is 7.44. The van der Waals surface area contributed by atoms with Crippen molar-refractivity contribution in [3.63, 3.8) is 0 Å². The number of nitrogens with one attached hydrogen (secondary N) is 1. The number of benzene rings is 2. The fourth-order valence-electron chi connectivity index (χ4n) is 3.96. The van der Waals surface area contributed by atoms with Crippen molar-refractivity contribution < 1.29 is 17.9 Å². The molecule has 1 N–H and O–H groups in total. The first kappa shape index (κ1) is 24.7. The molecule has 0 radical (unpaired) electrons. The van der Waals surface area contributed by atoms with E-state index < -0.39 is 16.0 Å².